The number of aromatic nitrogens is 1. The second kappa shape index (κ2) is 3.18. The minimum Gasteiger partial charge on any atom is -0.360 e. The van der Waals surface area contributed by atoms with Gasteiger partial charge < -0.3 is 4.98 Å². The molecule has 0 unspecified atom stereocenters. The first-order chi connectivity index (χ1) is 7.00. The molecule has 0 atom stereocenters. The van der Waals surface area contributed by atoms with Gasteiger partial charge in [0, 0.05) is 17.1 Å². The fraction of sp³-hybridized carbons (Fsp3) is 0. The number of aromatic amines is 1. The summed E-state index contributed by atoms with van der Waals surface area (Å²) in [6.45, 7) is 0. The number of H-pyrrole nitrogens is 1. The molecule has 2 rings (SSSR count). The number of sulfonamides is 1. The van der Waals surface area contributed by atoms with Crippen LogP contribution in [0.15, 0.2) is 40.2 Å². The van der Waals surface area contributed by atoms with Crippen molar-refractivity contribution in [2.75, 3.05) is 0 Å². The number of nitrogens with two attached hydrogens (primary N) is 1. The predicted molar refractivity (Wildman–Crippen MR) is 55.9 cm³/mol. The molecule has 5 nitrogen and oxygen atoms in total. The molecule has 0 saturated heterocycles. The first-order valence-electron chi connectivity index (χ1n) is 4.13. The SMILES string of the molecule is NS(=O)(=O)c1c[nH]c2ccccc2c1=O. The zero-order valence-corrected chi connectivity index (χ0v) is 8.41. The molecule has 0 spiro atoms. The van der Waals surface area contributed by atoms with Gasteiger partial charge in [-0.15, -0.1) is 0 Å². The summed E-state index contributed by atoms with van der Waals surface area (Å²) in [7, 11) is -3.97. The van der Waals surface area contributed by atoms with E-state index in [0.29, 0.717) is 10.9 Å². The van der Waals surface area contributed by atoms with Crippen molar-refractivity contribution >= 4 is 20.9 Å². The summed E-state index contributed by atoms with van der Waals surface area (Å²) >= 11 is 0. The lowest BCUT2D eigenvalue weighted by Gasteiger charge is -2.00. The lowest BCUT2D eigenvalue weighted by Crippen LogP contribution is -2.21. The summed E-state index contributed by atoms with van der Waals surface area (Å²) in [4.78, 5) is 14.0. The maximum atomic E-state index is 11.7. The molecular weight excluding hydrogens is 216 g/mol. The Morgan fingerprint density at radius 2 is 1.87 bits per heavy atom. The van der Waals surface area contributed by atoms with Crippen molar-refractivity contribution in [1.82, 2.24) is 4.98 Å². The lowest BCUT2D eigenvalue weighted by molar-refractivity contribution is 0.597. The summed E-state index contributed by atoms with van der Waals surface area (Å²) < 4.78 is 22.1. The fourth-order valence-electron chi connectivity index (χ4n) is 1.36. The molecule has 0 aliphatic heterocycles. The number of fused-ring (bicyclic) bond motifs is 1. The van der Waals surface area contributed by atoms with E-state index in [0.717, 1.165) is 6.20 Å². The van der Waals surface area contributed by atoms with Crippen LogP contribution in [0.3, 0.4) is 0 Å². The summed E-state index contributed by atoms with van der Waals surface area (Å²) in [5.41, 5.74) is 0.00162. The lowest BCUT2D eigenvalue weighted by atomic mass is 10.2. The van der Waals surface area contributed by atoms with E-state index in [1.165, 1.54) is 0 Å². The normalized spacial score (nSPS) is 11.8. The predicted octanol–water partition coefficient (Wildman–Crippen LogP) is 0.176. The number of pyridine rings is 1. The van der Waals surface area contributed by atoms with Crippen LogP contribution in [0, 0.1) is 0 Å². The molecule has 0 bridgehead atoms. The van der Waals surface area contributed by atoms with Crippen LogP contribution in [0.25, 0.3) is 10.9 Å². The third-order valence-corrected chi connectivity index (χ3v) is 2.98. The second-order valence-electron chi connectivity index (χ2n) is 3.07. The van der Waals surface area contributed by atoms with E-state index in [1.807, 2.05) is 0 Å². The minimum atomic E-state index is -3.97. The smallest absolute Gasteiger partial charge is 0.243 e. The number of primary sulfonamides is 1. The van der Waals surface area contributed by atoms with Crippen LogP contribution in [-0.4, -0.2) is 13.4 Å². The molecule has 0 saturated carbocycles. The van der Waals surface area contributed by atoms with Gasteiger partial charge >= 0.3 is 0 Å². The number of rotatable bonds is 1. The maximum Gasteiger partial charge on any atom is 0.243 e. The van der Waals surface area contributed by atoms with Gasteiger partial charge in [-0.1, -0.05) is 12.1 Å². The Morgan fingerprint density at radius 1 is 1.20 bits per heavy atom. The van der Waals surface area contributed by atoms with Gasteiger partial charge in [-0.25, -0.2) is 13.6 Å². The zero-order valence-electron chi connectivity index (χ0n) is 7.60. The van der Waals surface area contributed by atoms with E-state index in [1.54, 1.807) is 24.3 Å². The first kappa shape index (κ1) is 9.88. The molecular formula is C9H8N2O3S. The number of hydrogen-bond donors (Lipinski definition) is 2. The van der Waals surface area contributed by atoms with Gasteiger partial charge in [0.05, 0.1) is 0 Å². The van der Waals surface area contributed by atoms with Crippen LogP contribution in [0.5, 0.6) is 0 Å². The number of para-hydroxylation sites is 1. The van der Waals surface area contributed by atoms with Gasteiger partial charge in [0.15, 0.2) is 0 Å². The van der Waals surface area contributed by atoms with Crippen LogP contribution in [-0.2, 0) is 10.0 Å². The third-order valence-electron chi connectivity index (χ3n) is 2.06. The quantitative estimate of drug-likeness (QED) is 0.723. The monoisotopic (exact) mass is 224 g/mol. The second-order valence-corrected chi connectivity index (χ2v) is 4.60. The topological polar surface area (TPSA) is 93.0 Å². The fourth-order valence-corrected chi connectivity index (χ4v) is 1.95. The molecule has 6 heteroatoms. The van der Waals surface area contributed by atoms with Crippen molar-refractivity contribution in [3.8, 4) is 0 Å². The summed E-state index contributed by atoms with van der Waals surface area (Å²) in [6, 6.07) is 6.63. The van der Waals surface area contributed by atoms with E-state index in [9.17, 15) is 13.2 Å². The Hall–Kier alpha value is -1.66. The Labute approximate surface area is 85.6 Å². The molecule has 78 valence electrons. The molecule has 1 aromatic heterocycles. The van der Waals surface area contributed by atoms with E-state index in [2.05, 4.69) is 4.98 Å². The summed E-state index contributed by atoms with van der Waals surface area (Å²) in [6.07, 6.45) is 1.11. The number of benzene rings is 1. The van der Waals surface area contributed by atoms with Gasteiger partial charge in [0.2, 0.25) is 15.5 Å². The van der Waals surface area contributed by atoms with Crippen molar-refractivity contribution in [3.05, 3.63) is 40.7 Å². The van der Waals surface area contributed by atoms with Crippen molar-refractivity contribution in [3.63, 3.8) is 0 Å². The Morgan fingerprint density at radius 3 is 2.53 bits per heavy atom. The highest BCUT2D eigenvalue weighted by Gasteiger charge is 2.14. The van der Waals surface area contributed by atoms with Crippen molar-refractivity contribution in [1.29, 1.82) is 0 Å². The van der Waals surface area contributed by atoms with Crippen molar-refractivity contribution < 1.29 is 8.42 Å². The molecule has 0 aliphatic rings. The average molecular weight is 224 g/mol. The maximum absolute atomic E-state index is 11.7. The van der Waals surface area contributed by atoms with Gasteiger partial charge in [-0.05, 0) is 12.1 Å². The van der Waals surface area contributed by atoms with Crippen LogP contribution < -0.4 is 10.6 Å². The van der Waals surface area contributed by atoms with Crippen molar-refractivity contribution in [2.24, 2.45) is 5.14 Å². The molecule has 2 aromatic rings. The average Bonchev–Trinajstić information content (AvgIpc) is 2.16. The van der Waals surface area contributed by atoms with Gasteiger partial charge in [0.1, 0.15) is 4.90 Å². The number of hydrogen-bond acceptors (Lipinski definition) is 3. The minimum absolute atomic E-state index is 0.309. The molecule has 15 heavy (non-hydrogen) atoms. The summed E-state index contributed by atoms with van der Waals surface area (Å²) in [5, 5.41) is 5.21. The van der Waals surface area contributed by atoms with E-state index in [4.69, 9.17) is 5.14 Å². The van der Waals surface area contributed by atoms with Crippen LogP contribution in [0.4, 0.5) is 0 Å². The van der Waals surface area contributed by atoms with Crippen LogP contribution in [0.2, 0.25) is 0 Å². The van der Waals surface area contributed by atoms with Gasteiger partial charge in [0.25, 0.3) is 0 Å². The molecule has 0 aliphatic carbocycles. The van der Waals surface area contributed by atoms with Gasteiger partial charge in [-0.2, -0.15) is 0 Å². The molecule has 1 aromatic carbocycles. The highest BCUT2D eigenvalue weighted by Crippen LogP contribution is 2.08. The third kappa shape index (κ3) is 1.64. The van der Waals surface area contributed by atoms with E-state index < -0.39 is 20.3 Å². The first-order valence-corrected chi connectivity index (χ1v) is 5.68. The highest BCUT2D eigenvalue weighted by molar-refractivity contribution is 7.89. The molecule has 0 amide bonds. The molecule has 0 radical (unpaired) electrons. The van der Waals surface area contributed by atoms with Crippen LogP contribution >= 0.6 is 0 Å². The highest BCUT2D eigenvalue weighted by atomic mass is 32.2. The number of nitrogens with one attached hydrogen (secondary N) is 1. The Bertz CT molecular complexity index is 673. The molecule has 3 N–H and O–H groups in total. The Kier molecular flexibility index (Phi) is 2.09. The van der Waals surface area contributed by atoms with E-state index in [-0.39, 0.29) is 0 Å². The largest absolute Gasteiger partial charge is 0.360 e. The van der Waals surface area contributed by atoms with Crippen LogP contribution in [0.1, 0.15) is 0 Å². The zero-order chi connectivity index (χ0) is 11.1. The molecule has 1 heterocycles. The van der Waals surface area contributed by atoms with Crippen molar-refractivity contribution in [2.45, 2.75) is 4.90 Å². The van der Waals surface area contributed by atoms with Gasteiger partial charge in [-0.3, -0.25) is 4.79 Å². The van der Waals surface area contributed by atoms with E-state index >= 15 is 0 Å². The standard InChI is InChI=1S/C9H8N2O3S/c10-15(13,14)8-5-11-7-4-2-1-3-6(7)9(8)12/h1-5H,(H,11,12)(H2,10,13,14). The summed E-state index contributed by atoms with van der Waals surface area (Å²) in [5.74, 6) is 0. The Balaban J connectivity index is 2.95. The molecule has 0 fully saturated rings.